The third kappa shape index (κ3) is 3.75. The van der Waals surface area contributed by atoms with E-state index in [2.05, 4.69) is 0 Å². The zero-order chi connectivity index (χ0) is 20.1. The monoisotopic (exact) mass is 422 g/mol. The molecule has 3 spiro atoms. The largest absolute Gasteiger partial charge is 0.376 e. The molecule has 0 aromatic heterocycles. The van der Waals surface area contributed by atoms with Gasteiger partial charge in [0.05, 0.1) is 50.8 Å². The van der Waals surface area contributed by atoms with Gasteiger partial charge < -0.3 is 28.4 Å². The molecule has 3 heterocycles. The van der Waals surface area contributed by atoms with E-state index < -0.39 is 0 Å². The molecule has 3 aliphatic heterocycles. The minimum Gasteiger partial charge on any atom is -0.376 e. The minimum absolute atomic E-state index is 0.0650. The van der Waals surface area contributed by atoms with Crippen molar-refractivity contribution in [2.24, 2.45) is 11.8 Å². The zero-order valence-electron chi connectivity index (χ0n) is 18.3. The topological polar surface area (TPSA) is 55.4 Å². The fraction of sp³-hybridized carbons (Fsp3) is 1.00. The van der Waals surface area contributed by atoms with Gasteiger partial charge in [0.2, 0.25) is 0 Å². The average molecular weight is 423 g/mol. The molecule has 6 atom stereocenters. The summed E-state index contributed by atoms with van der Waals surface area (Å²) in [7, 11) is 0. The Kier molecular flexibility index (Phi) is 5.41. The van der Waals surface area contributed by atoms with Crippen molar-refractivity contribution < 1.29 is 28.4 Å². The normalized spacial score (nSPS) is 48.8. The van der Waals surface area contributed by atoms with Gasteiger partial charge >= 0.3 is 0 Å². The van der Waals surface area contributed by atoms with Gasteiger partial charge in [-0.15, -0.1) is 0 Å². The lowest BCUT2D eigenvalue weighted by Crippen LogP contribution is -2.48. The van der Waals surface area contributed by atoms with Gasteiger partial charge in [-0.2, -0.15) is 0 Å². The predicted molar refractivity (Wildman–Crippen MR) is 109 cm³/mol. The Bertz CT molecular complexity index is 607. The Labute approximate surface area is 180 Å². The van der Waals surface area contributed by atoms with Crippen LogP contribution in [0.25, 0.3) is 0 Å². The highest BCUT2D eigenvalue weighted by molar-refractivity contribution is 4.99. The van der Waals surface area contributed by atoms with Crippen molar-refractivity contribution in [1.29, 1.82) is 0 Å². The fourth-order valence-corrected chi connectivity index (χ4v) is 7.12. The van der Waals surface area contributed by atoms with Gasteiger partial charge in [-0.05, 0) is 56.8 Å². The summed E-state index contributed by atoms with van der Waals surface area (Å²) < 4.78 is 37.7. The molecule has 3 saturated carbocycles. The molecule has 0 aromatic rings. The highest BCUT2D eigenvalue weighted by atomic mass is 16.7. The highest BCUT2D eigenvalue weighted by Crippen LogP contribution is 2.50. The number of rotatable bonds is 2. The van der Waals surface area contributed by atoms with Gasteiger partial charge in [0, 0.05) is 25.7 Å². The lowest BCUT2D eigenvalue weighted by Gasteiger charge is -2.45. The van der Waals surface area contributed by atoms with Crippen molar-refractivity contribution in [3.63, 3.8) is 0 Å². The minimum atomic E-state index is -0.379. The first-order valence-electron chi connectivity index (χ1n) is 12.5. The van der Waals surface area contributed by atoms with E-state index in [1.165, 1.54) is 19.3 Å². The smallest absolute Gasteiger partial charge is 0.169 e. The SMILES string of the molecule is C1CCC2(CC1)OCCC(C1CCC3(C1)OCC(C1CCC4(COCCO4)C1)O3)O2. The molecule has 6 rings (SSSR count). The fourth-order valence-electron chi connectivity index (χ4n) is 7.12. The van der Waals surface area contributed by atoms with Crippen LogP contribution in [0.5, 0.6) is 0 Å². The first-order valence-corrected chi connectivity index (χ1v) is 12.5. The molecular weight excluding hydrogens is 384 g/mol. The molecule has 6 nitrogen and oxygen atoms in total. The molecule has 170 valence electrons. The van der Waals surface area contributed by atoms with Crippen LogP contribution in [0.2, 0.25) is 0 Å². The maximum atomic E-state index is 6.68. The van der Waals surface area contributed by atoms with Crippen LogP contribution in [0.4, 0.5) is 0 Å². The van der Waals surface area contributed by atoms with Crippen molar-refractivity contribution in [1.82, 2.24) is 0 Å². The summed E-state index contributed by atoms with van der Waals surface area (Å²) in [5, 5.41) is 0. The van der Waals surface area contributed by atoms with E-state index in [1.54, 1.807) is 0 Å². The molecule has 0 radical (unpaired) electrons. The molecule has 6 heteroatoms. The Balaban J connectivity index is 1.06. The van der Waals surface area contributed by atoms with Crippen LogP contribution in [0.1, 0.15) is 77.0 Å². The van der Waals surface area contributed by atoms with Crippen molar-refractivity contribution in [3.05, 3.63) is 0 Å². The number of hydrogen-bond donors (Lipinski definition) is 0. The standard InChI is InChI=1S/C24H38O6/c1-2-7-23(8-3-1)27-11-6-20(29-23)19-5-10-24(15-19)28-16-21(30-24)18-4-9-22(14-18)17-25-12-13-26-22/h18-21H,1-17H2. The third-order valence-corrected chi connectivity index (χ3v) is 8.75. The third-order valence-electron chi connectivity index (χ3n) is 8.75. The number of ether oxygens (including phenoxy) is 6. The molecular formula is C24H38O6. The summed E-state index contributed by atoms with van der Waals surface area (Å²) >= 11 is 0. The van der Waals surface area contributed by atoms with Gasteiger partial charge in [0.25, 0.3) is 0 Å². The summed E-state index contributed by atoms with van der Waals surface area (Å²) in [4.78, 5) is 0. The first-order chi connectivity index (χ1) is 14.7. The van der Waals surface area contributed by atoms with E-state index in [9.17, 15) is 0 Å². The predicted octanol–water partition coefficient (Wildman–Crippen LogP) is 3.95. The van der Waals surface area contributed by atoms with Crippen molar-refractivity contribution in [3.8, 4) is 0 Å². The van der Waals surface area contributed by atoms with E-state index in [1.807, 2.05) is 0 Å². The Morgan fingerprint density at radius 1 is 0.600 bits per heavy atom. The first kappa shape index (κ1) is 20.4. The van der Waals surface area contributed by atoms with Gasteiger partial charge in [0.1, 0.15) is 0 Å². The molecule has 0 N–H and O–H groups in total. The maximum absolute atomic E-state index is 6.68. The van der Waals surface area contributed by atoms with Gasteiger partial charge in [-0.25, -0.2) is 0 Å². The zero-order valence-corrected chi connectivity index (χ0v) is 18.3. The Morgan fingerprint density at radius 2 is 1.43 bits per heavy atom. The lowest BCUT2D eigenvalue weighted by molar-refractivity contribution is -0.314. The van der Waals surface area contributed by atoms with Crippen molar-refractivity contribution >= 4 is 0 Å². The van der Waals surface area contributed by atoms with Crippen LogP contribution in [0.3, 0.4) is 0 Å². The number of hydrogen-bond acceptors (Lipinski definition) is 6. The molecule has 6 fully saturated rings. The molecule has 3 aliphatic carbocycles. The van der Waals surface area contributed by atoms with Crippen molar-refractivity contribution in [2.75, 3.05) is 33.0 Å². The Morgan fingerprint density at radius 3 is 2.30 bits per heavy atom. The van der Waals surface area contributed by atoms with Gasteiger partial charge in [-0.3, -0.25) is 0 Å². The average Bonchev–Trinajstić information content (AvgIpc) is 3.49. The van der Waals surface area contributed by atoms with Crippen LogP contribution in [-0.4, -0.2) is 62.4 Å². The molecule has 6 unspecified atom stereocenters. The molecule has 0 bridgehead atoms. The van der Waals surface area contributed by atoms with Crippen LogP contribution in [0, 0.1) is 11.8 Å². The summed E-state index contributed by atoms with van der Waals surface area (Å²) in [6.45, 7) is 3.77. The summed E-state index contributed by atoms with van der Waals surface area (Å²) in [5.41, 5.74) is -0.0650. The van der Waals surface area contributed by atoms with E-state index in [-0.39, 0.29) is 23.3 Å². The highest BCUT2D eigenvalue weighted by Gasteiger charge is 2.54. The van der Waals surface area contributed by atoms with Crippen LogP contribution >= 0.6 is 0 Å². The summed E-state index contributed by atoms with van der Waals surface area (Å²) in [6, 6.07) is 0. The maximum Gasteiger partial charge on any atom is 0.169 e. The van der Waals surface area contributed by atoms with E-state index in [0.717, 1.165) is 90.8 Å². The van der Waals surface area contributed by atoms with E-state index in [0.29, 0.717) is 17.9 Å². The second-order valence-corrected chi connectivity index (χ2v) is 10.7. The van der Waals surface area contributed by atoms with Crippen molar-refractivity contribution in [2.45, 2.75) is 106 Å². The van der Waals surface area contributed by atoms with Crippen LogP contribution in [0.15, 0.2) is 0 Å². The molecule has 30 heavy (non-hydrogen) atoms. The van der Waals surface area contributed by atoms with E-state index >= 15 is 0 Å². The molecule has 0 amide bonds. The second kappa shape index (κ2) is 7.96. The summed E-state index contributed by atoms with van der Waals surface area (Å²) in [5.74, 6) is 0.374. The summed E-state index contributed by atoms with van der Waals surface area (Å²) in [6.07, 6.45) is 13.8. The van der Waals surface area contributed by atoms with Crippen LogP contribution < -0.4 is 0 Å². The quantitative estimate of drug-likeness (QED) is 0.672. The lowest BCUT2D eigenvalue weighted by atomic mass is 9.90. The molecule has 0 aromatic carbocycles. The van der Waals surface area contributed by atoms with Crippen LogP contribution in [-0.2, 0) is 28.4 Å². The molecule has 3 saturated heterocycles. The molecule has 6 aliphatic rings. The van der Waals surface area contributed by atoms with Gasteiger partial charge in [0.15, 0.2) is 11.6 Å². The second-order valence-electron chi connectivity index (χ2n) is 10.7. The van der Waals surface area contributed by atoms with Gasteiger partial charge in [-0.1, -0.05) is 6.42 Å². The Hall–Kier alpha value is -0.240. The van der Waals surface area contributed by atoms with E-state index in [4.69, 9.17) is 28.4 Å².